The minimum atomic E-state index is -3.97. The first kappa shape index (κ1) is 20.2. The van der Waals surface area contributed by atoms with E-state index in [2.05, 4.69) is 9.82 Å². The smallest absolute Gasteiger partial charge is 0.267 e. The second kappa shape index (κ2) is 7.78. The lowest BCUT2D eigenvalue weighted by molar-refractivity contribution is 0.587. The molecule has 0 saturated carbocycles. The molecule has 0 saturated heterocycles. The molecule has 0 spiro atoms. The number of hydrogen-bond acceptors (Lipinski definition) is 5. The molecule has 0 unspecified atom stereocenters. The molecule has 0 aliphatic heterocycles. The van der Waals surface area contributed by atoms with Gasteiger partial charge in [-0.1, -0.05) is 23.7 Å². The van der Waals surface area contributed by atoms with Gasteiger partial charge in [0.05, 0.1) is 20.7 Å². The quantitative estimate of drug-likeness (QED) is 0.472. The molecule has 0 atom stereocenters. The molecule has 158 valence electrons. The molecule has 0 fully saturated rings. The summed E-state index contributed by atoms with van der Waals surface area (Å²) in [5.74, 6) is 0. The molecule has 0 amide bonds. The molecule has 9 heteroatoms. The van der Waals surface area contributed by atoms with Crippen molar-refractivity contribution < 1.29 is 8.42 Å². The highest BCUT2D eigenvalue weighted by Crippen LogP contribution is 2.31. The van der Waals surface area contributed by atoms with Gasteiger partial charge in [-0.15, -0.1) is 11.3 Å². The lowest BCUT2D eigenvalue weighted by Crippen LogP contribution is -2.37. The molecule has 5 rings (SSSR count). The summed E-state index contributed by atoms with van der Waals surface area (Å²) in [4.78, 5) is 20.6. The van der Waals surface area contributed by atoms with Gasteiger partial charge in [-0.05, 0) is 73.7 Å². The van der Waals surface area contributed by atoms with Gasteiger partial charge in [-0.3, -0.25) is 4.79 Å². The van der Waals surface area contributed by atoms with E-state index in [0.717, 1.165) is 35.0 Å². The maximum atomic E-state index is 13.5. The van der Waals surface area contributed by atoms with Crippen molar-refractivity contribution in [3.05, 3.63) is 81.2 Å². The number of para-hydroxylation sites is 1. The number of pyridine rings is 1. The van der Waals surface area contributed by atoms with Crippen LogP contribution in [0.5, 0.6) is 0 Å². The van der Waals surface area contributed by atoms with Crippen LogP contribution in [-0.2, 0) is 22.9 Å². The molecule has 1 aliphatic carbocycles. The van der Waals surface area contributed by atoms with Gasteiger partial charge < -0.3 is 0 Å². The number of hydrogen-bond donors (Lipinski definition) is 1. The first-order valence-electron chi connectivity index (χ1n) is 9.84. The number of fused-ring (bicyclic) bond motifs is 2. The fraction of sp³-hybridized carbons (Fsp3) is 0.182. The van der Waals surface area contributed by atoms with Gasteiger partial charge >= 0.3 is 0 Å². The number of aromatic nitrogens is 2. The maximum absolute atomic E-state index is 13.5. The van der Waals surface area contributed by atoms with Gasteiger partial charge in [0.25, 0.3) is 15.6 Å². The Bertz CT molecular complexity index is 1420. The number of rotatable bonds is 4. The van der Waals surface area contributed by atoms with Crippen molar-refractivity contribution in [2.45, 2.75) is 30.6 Å². The molecule has 4 aromatic rings. The fourth-order valence-corrected chi connectivity index (χ4v) is 5.96. The van der Waals surface area contributed by atoms with E-state index in [-0.39, 0.29) is 4.90 Å². The van der Waals surface area contributed by atoms with E-state index in [0.29, 0.717) is 27.7 Å². The zero-order valence-electron chi connectivity index (χ0n) is 16.3. The Morgan fingerprint density at radius 1 is 1.03 bits per heavy atom. The van der Waals surface area contributed by atoms with E-state index < -0.39 is 15.6 Å². The Kier molecular flexibility index (Phi) is 5.08. The van der Waals surface area contributed by atoms with Crippen molar-refractivity contribution in [1.82, 2.24) is 9.66 Å². The van der Waals surface area contributed by atoms with Crippen molar-refractivity contribution in [2.24, 2.45) is 0 Å². The molecule has 1 aliphatic rings. The molecule has 2 heterocycles. The van der Waals surface area contributed by atoms with Gasteiger partial charge in [-0.25, -0.2) is 14.5 Å². The van der Waals surface area contributed by atoms with E-state index in [4.69, 9.17) is 11.6 Å². The predicted molar refractivity (Wildman–Crippen MR) is 124 cm³/mol. The summed E-state index contributed by atoms with van der Waals surface area (Å²) in [7, 11) is -3.97. The zero-order chi connectivity index (χ0) is 21.6. The number of halogens is 1. The van der Waals surface area contributed by atoms with Crippen LogP contribution >= 0.6 is 22.9 Å². The second-order valence-corrected chi connectivity index (χ2v) is 10.5. The predicted octanol–water partition coefficient (Wildman–Crippen LogP) is 4.59. The van der Waals surface area contributed by atoms with Crippen molar-refractivity contribution >= 4 is 43.2 Å². The average Bonchev–Trinajstić information content (AvgIpc) is 3.20. The summed E-state index contributed by atoms with van der Waals surface area (Å²) < 4.78 is 28.2. The van der Waals surface area contributed by atoms with Crippen LogP contribution in [0.1, 0.15) is 24.1 Å². The third-order valence-electron chi connectivity index (χ3n) is 5.36. The van der Waals surface area contributed by atoms with E-state index in [1.54, 1.807) is 0 Å². The minimum absolute atomic E-state index is 0.0405. The van der Waals surface area contributed by atoms with Crippen LogP contribution in [0.3, 0.4) is 0 Å². The number of sulfonamides is 1. The molecule has 6 nitrogen and oxygen atoms in total. The normalized spacial score (nSPS) is 13.8. The summed E-state index contributed by atoms with van der Waals surface area (Å²) in [6.07, 6.45) is 3.31. The minimum Gasteiger partial charge on any atom is -0.267 e. The Labute approximate surface area is 188 Å². The van der Waals surface area contributed by atoms with Crippen molar-refractivity contribution in [3.63, 3.8) is 0 Å². The van der Waals surface area contributed by atoms with Crippen LogP contribution in [0.4, 0.5) is 0 Å². The SMILES string of the molecule is O=c1c(-c2nc3ccccc3s2)cc2c(n1NS(=O)(=O)c1ccc(Cl)cc1)CCCC2. The molecular weight excluding hydrogens is 454 g/mol. The highest BCUT2D eigenvalue weighted by molar-refractivity contribution is 7.92. The molecule has 2 aromatic carbocycles. The standard InChI is InChI=1S/C22H18ClN3O3S2/c23-15-9-11-16(12-10-15)31(28,29)25-26-19-7-3-1-5-14(19)13-17(22(26)27)21-24-18-6-2-4-8-20(18)30-21/h2,4,6,8-13,25H,1,3,5,7H2. The van der Waals surface area contributed by atoms with Crippen LogP contribution in [0.2, 0.25) is 5.02 Å². The molecular formula is C22H18ClN3O3S2. The first-order valence-corrected chi connectivity index (χ1v) is 12.5. The van der Waals surface area contributed by atoms with Crippen LogP contribution < -0.4 is 10.4 Å². The van der Waals surface area contributed by atoms with E-state index >= 15 is 0 Å². The lowest BCUT2D eigenvalue weighted by Gasteiger charge is -2.22. The number of thiazole rings is 1. The van der Waals surface area contributed by atoms with E-state index in [1.165, 1.54) is 40.3 Å². The van der Waals surface area contributed by atoms with Gasteiger partial charge in [0.1, 0.15) is 5.01 Å². The Balaban J connectivity index is 1.66. The van der Waals surface area contributed by atoms with Crippen LogP contribution in [0.15, 0.2) is 64.3 Å². The zero-order valence-corrected chi connectivity index (χ0v) is 18.7. The lowest BCUT2D eigenvalue weighted by atomic mass is 9.95. The van der Waals surface area contributed by atoms with Gasteiger partial charge in [-0.2, -0.15) is 8.42 Å². The highest BCUT2D eigenvalue weighted by Gasteiger charge is 2.24. The molecule has 2 aromatic heterocycles. The van der Waals surface area contributed by atoms with Crippen LogP contribution in [-0.4, -0.2) is 18.1 Å². The summed E-state index contributed by atoms with van der Waals surface area (Å²) in [6, 6.07) is 15.4. The average molecular weight is 472 g/mol. The van der Waals surface area contributed by atoms with E-state index in [1.807, 2.05) is 30.3 Å². The molecule has 1 N–H and O–H groups in total. The van der Waals surface area contributed by atoms with Crippen LogP contribution in [0, 0.1) is 0 Å². The van der Waals surface area contributed by atoms with Gasteiger partial charge in [0.2, 0.25) is 0 Å². The van der Waals surface area contributed by atoms with Crippen LogP contribution in [0.25, 0.3) is 20.8 Å². The number of nitrogens with one attached hydrogen (secondary N) is 1. The molecule has 0 radical (unpaired) electrons. The summed E-state index contributed by atoms with van der Waals surface area (Å²) in [5, 5.41) is 1.02. The highest BCUT2D eigenvalue weighted by atomic mass is 35.5. The number of benzene rings is 2. The first-order chi connectivity index (χ1) is 14.9. The summed E-state index contributed by atoms with van der Waals surface area (Å²) >= 11 is 7.31. The Morgan fingerprint density at radius 2 is 1.77 bits per heavy atom. The number of aryl methyl sites for hydroxylation is 1. The molecule has 0 bridgehead atoms. The largest absolute Gasteiger partial charge is 0.280 e. The monoisotopic (exact) mass is 471 g/mol. The number of nitrogens with zero attached hydrogens (tertiary/aromatic N) is 2. The van der Waals surface area contributed by atoms with Crippen molar-refractivity contribution in [3.8, 4) is 10.6 Å². The third kappa shape index (κ3) is 3.75. The Hall–Kier alpha value is -2.68. The summed E-state index contributed by atoms with van der Waals surface area (Å²) in [5.41, 5.74) is 2.48. The van der Waals surface area contributed by atoms with Gasteiger partial charge in [0.15, 0.2) is 0 Å². The third-order valence-corrected chi connectivity index (χ3v) is 8.00. The maximum Gasteiger partial charge on any atom is 0.280 e. The summed E-state index contributed by atoms with van der Waals surface area (Å²) in [6.45, 7) is 0. The van der Waals surface area contributed by atoms with Crippen molar-refractivity contribution in [2.75, 3.05) is 4.83 Å². The molecule has 31 heavy (non-hydrogen) atoms. The van der Waals surface area contributed by atoms with Crippen molar-refractivity contribution in [1.29, 1.82) is 0 Å². The van der Waals surface area contributed by atoms with E-state index in [9.17, 15) is 13.2 Å². The van der Waals surface area contributed by atoms with Gasteiger partial charge in [0, 0.05) is 10.7 Å². The second-order valence-electron chi connectivity index (χ2n) is 7.41. The topological polar surface area (TPSA) is 81.1 Å². The Morgan fingerprint density at radius 3 is 2.55 bits per heavy atom. The fourth-order valence-electron chi connectivity index (χ4n) is 3.83.